The van der Waals surface area contributed by atoms with E-state index in [9.17, 15) is 34.5 Å². The normalized spacial score (nSPS) is 24.6. The molecule has 1 aromatic carbocycles. The third-order valence-electron chi connectivity index (χ3n) is 9.68. The molecule has 4 aliphatic rings. The van der Waals surface area contributed by atoms with E-state index in [2.05, 4.69) is 12.7 Å². The van der Waals surface area contributed by atoms with Crippen LogP contribution >= 0.6 is 0 Å². The van der Waals surface area contributed by atoms with E-state index in [-0.39, 0.29) is 42.4 Å². The average Bonchev–Trinajstić information content (AvgIpc) is 3.69. The van der Waals surface area contributed by atoms with Gasteiger partial charge in [-0.05, 0) is 68.9 Å². The molecule has 1 saturated heterocycles. The van der Waals surface area contributed by atoms with Gasteiger partial charge in [0.1, 0.15) is 11.3 Å². The molecule has 13 heteroatoms. The van der Waals surface area contributed by atoms with Crippen molar-refractivity contribution in [1.82, 2.24) is 0 Å². The van der Waals surface area contributed by atoms with Gasteiger partial charge in [-0.2, -0.15) is 0 Å². The number of carbonyl (C=O) groups excluding carboxylic acids is 4. The molecule has 5 atom stereocenters. The van der Waals surface area contributed by atoms with Crippen molar-refractivity contribution in [2.45, 2.75) is 101 Å². The van der Waals surface area contributed by atoms with E-state index >= 15 is 0 Å². The summed E-state index contributed by atoms with van der Waals surface area (Å²) in [6.07, 6.45) is 3.76. The highest BCUT2D eigenvalue weighted by Crippen LogP contribution is 2.50. The van der Waals surface area contributed by atoms with Crippen LogP contribution in [0.25, 0.3) is 0 Å². The molecule has 5 rings (SSSR count). The highest BCUT2D eigenvalue weighted by Gasteiger charge is 2.62. The van der Waals surface area contributed by atoms with Crippen LogP contribution < -0.4 is 19.5 Å². The number of ether oxygens (including phenoxy) is 5. The molecule has 1 fully saturated rings. The first-order chi connectivity index (χ1) is 22.5. The number of ketones is 1. The maximum absolute atomic E-state index is 13.8. The number of hydrogen-bond acceptors (Lipinski definition) is 12. The van der Waals surface area contributed by atoms with Crippen molar-refractivity contribution in [3.05, 3.63) is 47.2 Å². The van der Waals surface area contributed by atoms with E-state index in [4.69, 9.17) is 23.7 Å². The van der Waals surface area contributed by atoms with Gasteiger partial charge in [-0.1, -0.05) is 6.58 Å². The van der Waals surface area contributed by atoms with E-state index in [1.807, 2.05) is 12.1 Å². The van der Waals surface area contributed by atoms with Crippen LogP contribution in [0, 0.1) is 0 Å². The van der Waals surface area contributed by atoms with Gasteiger partial charge in [0.05, 0.1) is 45.2 Å². The SMILES string of the molecule is C=C(CC(=O)[O-])C(C)=O.COC(=O)C[C@@](O)(CCCC(C)(C)O)C(=O)O[C@@H]1C(OC)=C[C@]23CCC[NH+]2CCc2cc4c(cc2[C@H]13)OCO4. The molecular weight excluding hydrogens is 626 g/mol. The predicted octanol–water partition coefficient (Wildman–Crippen LogP) is 0.435. The van der Waals surface area contributed by atoms with Crippen LogP contribution in [0.3, 0.4) is 0 Å². The van der Waals surface area contributed by atoms with E-state index in [0.29, 0.717) is 30.1 Å². The number of fused-ring (bicyclic) bond motifs is 3. The van der Waals surface area contributed by atoms with Crippen LogP contribution in [0.15, 0.2) is 36.1 Å². The monoisotopic (exact) mass is 673 g/mol. The lowest BCUT2D eigenvalue weighted by molar-refractivity contribution is -0.932. The number of rotatable bonds is 12. The second-order valence-corrected chi connectivity index (χ2v) is 13.6. The van der Waals surface area contributed by atoms with E-state index in [0.717, 1.165) is 43.5 Å². The van der Waals surface area contributed by atoms with Crippen molar-refractivity contribution in [1.29, 1.82) is 0 Å². The summed E-state index contributed by atoms with van der Waals surface area (Å²) in [5.74, 6) is -1.55. The molecule has 3 N–H and O–H groups in total. The Bertz CT molecular complexity index is 1460. The molecule has 3 heterocycles. The number of aliphatic hydroxyl groups is 2. The number of benzene rings is 1. The minimum atomic E-state index is -2.11. The smallest absolute Gasteiger partial charge is 0.339 e. The van der Waals surface area contributed by atoms with E-state index in [1.54, 1.807) is 21.0 Å². The number of aliphatic carboxylic acids is 1. The maximum Gasteiger partial charge on any atom is 0.339 e. The number of carboxylic acids is 1. The number of carbonyl (C=O) groups is 4. The summed E-state index contributed by atoms with van der Waals surface area (Å²) in [6, 6.07) is 4.03. The van der Waals surface area contributed by atoms with Gasteiger partial charge in [0, 0.05) is 37.7 Å². The average molecular weight is 674 g/mol. The van der Waals surface area contributed by atoms with E-state index in [1.165, 1.54) is 18.9 Å². The number of methoxy groups -OCH3 is 2. The number of Topliss-reactive ketones (excluding diaryl/α,β-unsaturated/α-hetero) is 1. The molecule has 0 amide bonds. The van der Waals surface area contributed by atoms with Crippen molar-refractivity contribution in [3.8, 4) is 11.5 Å². The highest BCUT2D eigenvalue weighted by molar-refractivity contribution is 5.96. The Hall–Kier alpha value is -3.94. The van der Waals surface area contributed by atoms with Gasteiger partial charge in [0.15, 0.2) is 29.0 Å². The Morgan fingerprint density at radius 3 is 2.38 bits per heavy atom. The summed E-state index contributed by atoms with van der Waals surface area (Å²) in [7, 11) is 2.77. The molecule has 264 valence electrons. The largest absolute Gasteiger partial charge is 0.550 e. The number of carboxylic acid groups (broad SMARTS) is 1. The van der Waals surface area contributed by atoms with Gasteiger partial charge in [-0.25, -0.2) is 4.79 Å². The summed E-state index contributed by atoms with van der Waals surface area (Å²) < 4.78 is 28.1. The molecule has 1 aromatic rings. The standard InChI is InChI=1S/C29H39NO9.C6H8O3/c1-27(2,33)8-5-10-29(34,16-23(31)36-4)26(32)39-25-22(35-3)15-28-9-6-11-30(28)12-7-18-13-20-21(38-17-37-20)14-19(18)24(25)28;1-4(5(2)7)3-6(8)9/h13-15,24-25,33-34H,5-12,16-17H2,1-4H3;1,3H2,2H3,(H,8,9)/t24-,25-,28+,29+;/m1./s1. The minimum absolute atomic E-state index is 0.0634. The quantitative estimate of drug-likeness (QED) is 0.206. The van der Waals surface area contributed by atoms with Crippen molar-refractivity contribution >= 4 is 23.7 Å². The first kappa shape index (κ1) is 36.9. The molecule has 0 radical (unpaired) electrons. The second-order valence-electron chi connectivity index (χ2n) is 13.6. The van der Waals surface area contributed by atoms with Gasteiger partial charge in [0.25, 0.3) is 0 Å². The summed E-state index contributed by atoms with van der Waals surface area (Å²) in [5, 5.41) is 31.4. The molecule has 48 heavy (non-hydrogen) atoms. The summed E-state index contributed by atoms with van der Waals surface area (Å²) in [4.78, 5) is 47.5. The van der Waals surface area contributed by atoms with Crippen molar-refractivity contribution in [2.24, 2.45) is 0 Å². The fraction of sp³-hybridized carbons (Fsp3) is 0.600. The van der Waals surface area contributed by atoms with Gasteiger partial charge >= 0.3 is 11.9 Å². The lowest BCUT2D eigenvalue weighted by Crippen LogP contribution is -3.18. The van der Waals surface area contributed by atoms with Crippen molar-refractivity contribution < 1.29 is 63.1 Å². The molecule has 1 unspecified atom stereocenters. The Kier molecular flexibility index (Phi) is 11.3. The number of hydrogen-bond donors (Lipinski definition) is 3. The van der Waals surface area contributed by atoms with Crippen LogP contribution in [0.1, 0.15) is 82.8 Å². The topological polar surface area (TPSA) is 182 Å². The zero-order chi connectivity index (χ0) is 35.4. The molecule has 1 spiro atoms. The van der Waals surface area contributed by atoms with Gasteiger partial charge in [0.2, 0.25) is 6.79 Å². The van der Waals surface area contributed by atoms with Crippen molar-refractivity contribution in [2.75, 3.05) is 34.1 Å². The van der Waals surface area contributed by atoms with Crippen LogP contribution in [0.4, 0.5) is 0 Å². The van der Waals surface area contributed by atoms with Crippen LogP contribution in [0.5, 0.6) is 11.5 Å². The lowest BCUT2D eigenvalue weighted by Gasteiger charge is -2.37. The highest BCUT2D eigenvalue weighted by atomic mass is 16.7. The molecule has 3 aliphatic heterocycles. The molecule has 0 bridgehead atoms. The van der Waals surface area contributed by atoms with E-state index < -0.39 is 41.6 Å². The first-order valence-electron chi connectivity index (χ1n) is 16.2. The second kappa shape index (κ2) is 14.7. The van der Waals surface area contributed by atoms with Crippen LogP contribution in [0.2, 0.25) is 0 Å². The Morgan fingerprint density at radius 2 is 1.79 bits per heavy atom. The zero-order valence-corrected chi connectivity index (χ0v) is 28.3. The first-order valence-corrected chi connectivity index (χ1v) is 16.2. The van der Waals surface area contributed by atoms with Gasteiger partial charge in [-0.3, -0.25) is 9.59 Å². The minimum Gasteiger partial charge on any atom is -0.550 e. The molecule has 1 aliphatic carbocycles. The number of esters is 2. The molecule has 0 saturated carbocycles. The van der Waals surface area contributed by atoms with Crippen LogP contribution in [-0.4, -0.2) is 90.9 Å². The third-order valence-corrected chi connectivity index (χ3v) is 9.68. The summed E-state index contributed by atoms with van der Waals surface area (Å²) in [6.45, 7) is 9.88. The fourth-order valence-corrected chi connectivity index (χ4v) is 7.22. The Labute approximate surface area is 280 Å². The Morgan fingerprint density at radius 1 is 1.10 bits per heavy atom. The summed E-state index contributed by atoms with van der Waals surface area (Å²) in [5.41, 5.74) is -1.21. The molecular formula is C35H47NO12. The third kappa shape index (κ3) is 8.01. The van der Waals surface area contributed by atoms with Crippen molar-refractivity contribution in [3.63, 3.8) is 0 Å². The van der Waals surface area contributed by atoms with Gasteiger partial charge in [-0.15, -0.1) is 0 Å². The fourth-order valence-electron chi connectivity index (χ4n) is 7.22. The lowest BCUT2D eigenvalue weighted by atomic mass is 9.77. The number of nitrogens with one attached hydrogen (secondary N) is 1. The maximum atomic E-state index is 13.8. The van der Waals surface area contributed by atoms with Gasteiger partial charge < -0.3 is 48.7 Å². The zero-order valence-electron chi connectivity index (χ0n) is 28.3. The predicted molar refractivity (Wildman–Crippen MR) is 168 cm³/mol. The number of quaternary nitrogens is 1. The Balaban J connectivity index is 0.000000508. The molecule has 13 nitrogen and oxygen atoms in total. The van der Waals surface area contributed by atoms with Crippen LogP contribution in [-0.2, 0) is 39.8 Å². The summed E-state index contributed by atoms with van der Waals surface area (Å²) >= 11 is 0. The molecule has 0 aromatic heterocycles.